The van der Waals surface area contributed by atoms with Gasteiger partial charge in [0.25, 0.3) is 0 Å². The van der Waals surface area contributed by atoms with Crippen molar-refractivity contribution in [2.75, 3.05) is 13.1 Å². The zero-order valence-corrected chi connectivity index (χ0v) is 16.2. The van der Waals surface area contributed by atoms with Crippen molar-refractivity contribution in [3.8, 4) is 0 Å². The first-order chi connectivity index (χ1) is 12.2. The van der Waals surface area contributed by atoms with Gasteiger partial charge in [0.05, 0.1) is 6.42 Å². The van der Waals surface area contributed by atoms with Gasteiger partial charge in [0.1, 0.15) is 6.10 Å². The quantitative estimate of drug-likeness (QED) is 0.641. The fourth-order valence-corrected chi connectivity index (χ4v) is 3.56. The van der Waals surface area contributed by atoms with Crippen molar-refractivity contribution in [3.63, 3.8) is 0 Å². The minimum atomic E-state index is -0.216. The van der Waals surface area contributed by atoms with E-state index in [2.05, 4.69) is 17.0 Å². The second kappa shape index (κ2) is 10.3. The summed E-state index contributed by atoms with van der Waals surface area (Å²) < 4.78 is 5.71. The first kappa shape index (κ1) is 20.5. The van der Waals surface area contributed by atoms with Gasteiger partial charge in [-0.2, -0.15) is 0 Å². The third-order valence-electron chi connectivity index (χ3n) is 4.95. The lowest BCUT2D eigenvalue weighted by Gasteiger charge is -2.34. The van der Waals surface area contributed by atoms with Crippen LogP contribution in [0.3, 0.4) is 0 Å². The van der Waals surface area contributed by atoms with Crippen molar-refractivity contribution in [1.82, 2.24) is 4.90 Å². The highest BCUT2D eigenvalue weighted by Crippen LogP contribution is 2.29. The number of likely N-dealkylation sites (tertiary alicyclic amines) is 1. The minimum absolute atomic E-state index is 0. The SMILES string of the molecule is CC(OC(=O)CC(c1ccccc1)N1CCCCC1)c1ccccc1.Cl. The molecule has 2 atom stereocenters. The van der Waals surface area contributed by atoms with Gasteiger partial charge in [-0.3, -0.25) is 9.69 Å². The van der Waals surface area contributed by atoms with Crippen LogP contribution in [0, 0.1) is 0 Å². The van der Waals surface area contributed by atoms with Crippen LogP contribution < -0.4 is 0 Å². The molecule has 0 N–H and O–H groups in total. The third kappa shape index (κ3) is 5.58. The zero-order chi connectivity index (χ0) is 17.5. The molecular formula is C22H28ClNO2. The molecule has 1 aliphatic rings. The van der Waals surface area contributed by atoms with Crippen LogP contribution in [0.25, 0.3) is 0 Å². The molecule has 3 nitrogen and oxygen atoms in total. The number of ether oxygens (including phenoxy) is 1. The highest BCUT2D eigenvalue weighted by atomic mass is 35.5. The third-order valence-corrected chi connectivity index (χ3v) is 4.95. The van der Waals surface area contributed by atoms with Crippen molar-refractivity contribution in [2.24, 2.45) is 0 Å². The number of hydrogen-bond acceptors (Lipinski definition) is 3. The molecule has 1 saturated heterocycles. The Hall–Kier alpha value is -1.84. The van der Waals surface area contributed by atoms with Gasteiger partial charge in [0.2, 0.25) is 0 Å². The van der Waals surface area contributed by atoms with Crippen LogP contribution in [-0.2, 0) is 9.53 Å². The maximum absolute atomic E-state index is 12.6. The van der Waals surface area contributed by atoms with Crippen LogP contribution in [0.4, 0.5) is 0 Å². The highest BCUT2D eigenvalue weighted by Gasteiger charge is 2.26. The Morgan fingerprint density at radius 3 is 2.04 bits per heavy atom. The second-order valence-corrected chi connectivity index (χ2v) is 6.77. The molecule has 2 aromatic carbocycles. The van der Waals surface area contributed by atoms with E-state index in [1.807, 2.05) is 55.5 Å². The summed E-state index contributed by atoms with van der Waals surface area (Å²) in [6.07, 6.45) is 3.89. The molecule has 0 saturated carbocycles. The number of rotatable bonds is 6. The number of piperidine rings is 1. The molecule has 140 valence electrons. The van der Waals surface area contributed by atoms with Gasteiger partial charge >= 0.3 is 5.97 Å². The van der Waals surface area contributed by atoms with Crippen molar-refractivity contribution in [1.29, 1.82) is 0 Å². The average Bonchev–Trinajstić information content (AvgIpc) is 2.68. The van der Waals surface area contributed by atoms with Crippen molar-refractivity contribution < 1.29 is 9.53 Å². The number of carbonyl (C=O) groups excluding carboxylic acids is 1. The van der Waals surface area contributed by atoms with Crippen LogP contribution in [0.15, 0.2) is 60.7 Å². The number of carbonyl (C=O) groups is 1. The highest BCUT2D eigenvalue weighted by molar-refractivity contribution is 5.85. The Kier molecular flexibility index (Phi) is 8.14. The lowest BCUT2D eigenvalue weighted by atomic mass is 9.99. The summed E-state index contributed by atoms with van der Waals surface area (Å²) in [5, 5.41) is 0. The number of benzene rings is 2. The molecule has 1 fully saturated rings. The zero-order valence-electron chi connectivity index (χ0n) is 15.3. The molecule has 26 heavy (non-hydrogen) atoms. The molecule has 2 aromatic rings. The van der Waals surface area contributed by atoms with Gasteiger partial charge in [0, 0.05) is 6.04 Å². The topological polar surface area (TPSA) is 29.5 Å². The van der Waals surface area contributed by atoms with E-state index >= 15 is 0 Å². The molecule has 2 unspecified atom stereocenters. The molecule has 0 aromatic heterocycles. The Morgan fingerprint density at radius 2 is 1.46 bits per heavy atom. The van der Waals surface area contributed by atoms with Crippen LogP contribution >= 0.6 is 12.4 Å². The van der Waals surface area contributed by atoms with E-state index in [1.54, 1.807) is 0 Å². The molecular weight excluding hydrogens is 346 g/mol. The van der Waals surface area contributed by atoms with Gasteiger partial charge in [-0.25, -0.2) is 0 Å². The van der Waals surface area contributed by atoms with E-state index < -0.39 is 0 Å². The summed E-state index contributed by atoms with van der Waals surface area (Å²) in [6, 6.07) is 20.4. The largest absolute Gasteiger partial charge is 0.458 e. The van der Waals surface area contributed by atoms with Crippen molar-refractivity contribution in [3.05, 3.63) is 71.8 Å². The number of esters is 1. The van der Waals surface area contributed by atoms with Gasteiger partial charge in [-0.1, -0.05) is 67.1 Å². The fraction of sp³-hybridized carbons (Fsp3) is 0.409. The minimum Gasteiger partial charge on any atom is -0.458 e. The Bertz CT molecular complexity index is 656. The first-order valence-electron chi connectivity index (χ1n) is 9.27. The smallest absolute Gasteiger partial charge is 0.308 e. The van der Waals surface area contributed by atoms with Gasteiger partial charge in [0.15, 0.2) is 0 Å². The van der Waals surface area contributed by atoms with Gasteiger partial charge in [-0.05, 0) is 44.0 Å². The van der Waals surface area contributed by atoms with E-state index in [4.69, 9.17) is 4.74 Å². The summed E-state index contributed by atoms with van der Waals surface area (Å²) in [4.78, 5) is 15.0. The van der Waals surface area contributed by atoms with Crippen molar-refractivity contribution in [2.45, 2.75) is 44.8 Å². The maximum atomic E-state index is 12.6. The molecule has 0 amide bonds. The second-order valence-electron chi connectivity index (χ2n) is 6.77. The summed E-state index contributed by atoms with van der Waals surface area (Å²) >= 11 is 0. The molecule has 1 aliphatic heterocycles. The van der Waals surface area contributed by atoms with Crippen molar-refractivity contribution >= 4 is 18.4 Å². The summed E-state index contributed by atoms with van der Waals surface area (Å²) in [5.74, 6) is -0.129. The van der Waals surface area contributed by atoms with E-state index in [9.17, 15) is 4.79 Å². The molecule has 0 aliphatic carbocycles. The Morgan fingerprint density at radius 1 is 0.923 bits per heavy atom. The lowest BCUT2D eigenvalue weighted by Crippen LogP contribution is -2.35. The van der Waals surface area contributed by atoms with Crippen LogP contribution in [0.1, 0.15) is 55.9 Å². The maximum Gasteiger partial charge on any atom is 0.308 e. The van der Waals surface area contributed by atoms with Gasteiger partial charge < -0.3 is 4.74 Å². The molecule has 3 rings (SSSR count). The lowest BCUT2D eigenvalue weighted by molar-refractivity contribution is -0.150. The predicted octanol–water partition coefficient (Wildman–Crippen LogP) is 5.33. The predicted molar refractivity (Wildman–Crippen MR) is 107 cm³/mol. The molecule has 0 spiro atoms. The van der Waals surface area contributed by atoms with Crippen LogP contribution in [-0.4, -0.2) is 24.0 Å². The van der Waals surface area contributed by atoms with E-state index in [0.29, 0.717) is 6.42 Å². The average molecular weight is 374 g/mol. The standard InChI is InChI=1S/C22H27NO2.ClH/c1-18(19-11-5-2-6-12-19)25-22(24)17-21(20-13-7-3-8-14-20)23-15-9-4-10-16-23;/h2-3,5-8,11-14,18,21H,4,9-10,15-17H2,1H3;1H. The molecule has 1 heterocycles. The first-order valence-corrected chi connectivity index (χ1v) is 9.27. The fourth-order valence-electron chi connectivity index (χ4n) is 3.56. The molecule has 0 radical (unpaired) electrons. The van der Waals surface area contributed by atoms with E-state index in [0.717, 1.165) is 18.7 Å². The number of hydrogen-bond donors (Lipinski definition) is 0. The molecule has 4 heteroatoms. The van der Waals surface area contributed by atoms with Crippen LogP contribution in [0.2, 0.25) is 0 Å². The van der Waals surface area contributed by atoms with Gasteiger partial charge in [-0.15, -0.1) is 12.4 Å². The summed E-state index contributed by atoms with van der Waals surface area (Å²) in [5.41, 5.74) is 2.23. The van der Waals surface area contributed by atoms with E-state index in [-0.39, 0.29) is 30.5 Å². The molecule has 0 bridgehead atoms. The Labute approximate surface area is 162 Å². The summed E-state index contributed by atoms with van der Waals surface area (Å²) in [7, 11) is 0. The monoisotopic (exact) mass is 373 g/mol. The number of halogens is 1. The van der Waals surface area contributed by atoms with Crippen LogP contribution in [0.5, 0.6) is 0 Å². The number of nitrogens with zero attached hydrogens (tertiary/aromatic N) is 1. The van der Waals surface area contributed by atoms with E-state index in [1.165, 1.54) is 24.8 Å². The summed E-state index contributed by atoms with van der Waals surface area (Å²) in [6.45, 7) is 4.05. The normalized spacial score (nSPS) is 17.0. The Balaban J connectivity index is 0.00000243.